The number of hydrogen-bond donors (Lipinski definition) is 1. The summed E-state index contributed by atoms with van der Waals surface area (Å²) in [5.41, 5.74) is 0. The second kappa shape index (κ2) is 7.70. The predicted octanol–water partition coefficient (Wildman–Crippen LogP) is 2.84. The summed E-state index contributed by atoms with van der Waals surface area (Å²) in [6.45, 7) is 6.63. The van der Waals surface area contributed by atoms with Crippen LogP contribution in [0.15, 0.2) is 16.5 Å². The molecule has 0 saturated carbocycles. The Kier molecular flexibility index (Phi) is 6.58. The third kappa shape index (κ3) is 5.78. The molecule has 1 heterocycles. The van der Waals surface area contributed by atoms with Crippen LogP contribution in [0.2, 0.25) is 0 Å². The maximum absolute atomic E-state index is 11.5. The van der Waals surface area contributed by atoms with Crippen LogP contribution in [0.4, 0.5) is 0 Å². The molecule has 0 aliphatic rings. The van der Waals surface area contributed by atoms with Crippen molar-refractivity contribution in [3.8, 4) is 0 Å². The summed E-state index contributed by atoms with van der Waals surface area (Å²) in [6, 6.07) is 4.02. The summed E-state index contributed by atoms with van der Waals surface area (Å²) in [7, 11) is -2.87. The number of rotatable bonds is 9. The molecule has 4 nitrogen and oxygen atoms in total. The Bertz CT molecular complexity index is 465. The highest BCUT2D eigenvalue weighted by Gasteiger charge is 2.16. The van der Waals surface area contributed by atoms with Gasteiger partial charge < -0.3 is 9.73 Å². The smallest absolute Gasteiger partial charge is 0.150 e. The molecule has 0 radical (unpaired) electrons. The highest BCUT2D eigenvalue weighted by Crippen LogP contribution is 2.21. The largest absolute Gasteiger partial charge is 0.465 e. The average molecular weight is 287 g/mol. The first-order chi connectivity index (χ1) is 8.98. The van der Waals surface area contributed by atoms with Crippen molar-refractivity contribution in [3.05, 3.63) is 23.7 Å². The minimum Gasteiger partial charge on any atom is -0.465 e. The van der Waals surface area contributed by atoms with Crippen LogP contribution in [0.25, 0.3) is 0 Å². The van der Waals surface area contributed by atoms with E-state index < -0.39 is 9.84 Å². The van der Waals surface area contributed by atoms with E-state index in [4.69, 9.17) is 4.42 Å². The maximum atomic E-state index is 11.5. The lowest BCUT2D eigenvalue weighted by Gasteiger charge is -2.16. The summed E-state index contributed by atoms with van der Waals surface area (Å²) in [4.78, 5) is 0. The Hall–Kier alpha value is -0.810. The fourth-order valence-corrected chi connectivity index (χ4v) is 2.85. The summed E-state index contributed by atoms with van der Waals surface area (Å²) in [5.74, 6) is 2.27. The van der Waals surface area contributed by atoms with Crippen molar-refractivity contribution < 1.29 is 12.8 Å². The molecule has 5 heteroatoms. The van der Waals surface area contributed by atoms with Crippen LogP contribution in [-0.4, -0.2) is 26.5 Å². The van der Waals surface area contributed by atoms with Crippen molar-refractivity contribution in [2.45, 2.75) is 46.1 Å². The van der Waals surface area contributed by atoms with E-state index in [1.807, 2.05) is 19.1 Å². The fraction of sp³-hybridized carbons (Fsp3) is 0.714. The molecule has 1 N–H and O–H groups in total. The molecule has 0 aliphatic heterocycles. The molecule has 1 unspecified atom stereocenters. The number of hydrogen-bond acceptors (Lipinski definition) is 4. The van der Waals surface area contributed by atoms with E-state index in [1.165, 1.54) is 0 Å². The van der Waals surface area contributed by atoms with Crippen LogP contribution in [0, 0.1) is 6.92 Å². The van der Waals surface area contributed by atoms with E-state index in [2.05, 4.69) is 12.2 Å². The Morgan fingerprint density at radius 2 is 2.05 bits per heavy atom. The first-order valence-corrected chi connectivity index (χ1v) is 8.80. The van der Waals surface area contributed by atoms with Gasteiger partial charge in [-0.25, -0.2) is 8.42 Å². The molecular weight excluding hydrogens is 262 g/mol. The maximum Gasteiger partial charge on any atom is 0.150 e. The topological polar surface area (TPSA) is 59.3 Å². The molecule has 0 amide bonds. The Morgan fingerprint density at radius 1 is 1.32 bits per heavy atom. The van der Waals surface area contributed by atoms with Gasteiger partial charge in [0.2, 0.25) is 0 Å². The average Bonchev–Trinajstić information content (AvgIpc) is 2.80. The molecule has 0 spiro atoms. The highest BCUT2D eigenvalue weighted by molar-refractivity contribution is 7.91. The van der Waals surface area contributed by atoms with Crippen molar-refractivity contribution in [2.24, 2.45) is 0 Å². The van der Waals surface area contributed by atoms with Crippen LogP contribution < -0.4 is 5.32 Å². The second-order valence-electron chi connectivity index (χ2n) is 4.83. The fourth-order valence-electron chi connectivity index (χ4n) is 1.96. The zero-order valence-corrected chi connectivity index (χ0v) is 12.9. The molecule has 0 aromatic carbocycles. The molecule has 1 atom stereocenters. The third-order valence-corrected chi connectivity index (χ3v) is 4.92. The van der Waals surface area contributed by atoms with Gasteiger partial charge in [0.1, 0.15) is 21.4 Å². The zero-order chi connectivity index (χ0) is 14.3. The molecule has 1 rings (SSSR count). The lowest BCUT2D eigenvalue weighted by Crippen LogP contribution is -2.22. The quantitative estimate of drug-likeness (QED) is 0.758. The van der Waals surface area contributed by atoms with Gasteiger partial charge in [0.05, 0.1) is 11.8 Å². The molecule has 110 valence electrons. The van der Waals surface area contributed by atoms with Crippen LogP contribution in [0.3, 0.4) is 0 Å². The van der Waals surface area contributed by atoms with E-state index >= 15 is 0 Å². The number of aryl methyl sites for hydroxylation is 1. The zero-order valence-electron chi connectivity index (χ0n) is 12.1. The summed E-state index contributed by atoms with van der Waals surface area (Å²) >= 11 is 0. The molecule has 19 heavy (non-hydrogen) atoms. The molecule has 0 fully saturated rings. The van der Waals surface area contributed by atoms with Gasteiger partial charge in [-0.2, -0.15) is 0 Å². The third-order valence-electron chi connectivity index (χ3n) is 3.13. The van der Waals surface area contributed by atoms with Gasteiger partial charge in [0.15, 0.2) is 0 Å². The summed E-state index contributed by atoms with van der Waals surface area (Å²) in [5, 5.41) is 3.41. The van der Waals surface area contributed by atoms with Crippen molar-refractivity contribution in [1.29, 1.82) is 0 Å². The SMILES string of the molecule is CCCNC(CCCS(=O)(=O)CC)c1ccc(C)o1. The van der Waals surface area contributed by atoms with Gasteiger partial charge in [0.25, 0.3) is 0 Å². The van der Waals surface area contributed by atoms with Gasteiger partial charge in [-0.1, -0.05) is 13.8 Å². The van der Waals surface area contributed by atoms with Gasteiger partial charge in [-0.3, -0.25) is 0 Å². The van der Waals surface area contributed by atoms with E-state index in [-0.39, 0.29) is 17.5 Å². The van der Waals surface area contributed by atoms with Crippen LogP contribution >= 0.6 is 0 Å². The minimum atomic E-state index is -2.87. The van der Waals surface area contributed by atoms with E-state index in [9.17, 15) is 8.42 Å². The van der Waals surface area contributed by atoms with Gasteiger partial charge in [0, 0.05) is 5.75 Å². The lowest BCUT2D eigenvalue weighted by molar-refractivity contribution is 0.383. The van der Waals surface area contributed by atoms with Gasteiger partial charge in [-0.15, -0.1) is 0 Å². The molecule has 0 bridgehead atoms. The number of nitrogens with one attached hydrogen (secondary N) is 1. The van der Waals surface area contributed by atoms with E-state index in [0.29, 0.717) is 6.42 Å². The van der Waals surface area contributed by atoms with Crippen molar-refractivity contribution in [2.75, 3.05) is 18.1 Å². The van der Waals surface area contributed by atoms with Crippen molar-refractivity contribution in [1.82, 2.24) is 5.32 Å². The Morgan fingerprint density at radius 3 is 2.58 bits per heavy atom. The van der Waals surface area contributed by atoms with Crippen LogP contribution in [0.5, 0.6) is 0 Å². The van der Waals surface area contributed by atoms with Crippen molar-refractivity contribution >= 4 is 9.84 Å². The molecule has 0 aliphatic carbocycles. The predicted molar refractivity (Wildman–Crippen MR) is 78.0 cm³/mol. The standard InChI is InChI=1S/C14H25NO3S/c1-4-10-15-13(14-9-8-12(3)18-14)7-6-11-19(16,17)5-2/h8-9,13,15H,4-7,10-11H2,1-3H3. The number of furan rings is 1. The first kappa shape index (κ1) is 16.2. The molecule has 1 aromatic rings. The summed E-state index contributed by atoms with van der Waals surface area (Å²) < 4.78 is 28.6. The number of sulfone groups is 1. The van der Waals surface area contributed by atoms with E-state index in [0.717, 1.165) is 30.9 Å². The monoisotopic (exact) mass is 287 g/mol. The Balaban J connectivity index is 2.55. The van der Waals surface area contributed by atoms with Crippen LogP contribution in [0.1, 0.15) is 50.7 Å². The van der Waals surface area contributed by atoms with Gasteiger partial charge in [-0.05, 0) is 44.9 Å². The first-order valence-electron chi connectivity index (χ1n) is 6.98. The minimum absolute atomic E-state index is 0.112. The van der Waals surface area contributed by atoms with Gasteiger partial charge >= 0.3 is 0 Å². The van der Waals surface area contributed by atoms with Crippen LogP contribution in [-0.2, 0) is 9.84 Å². The molecule has 0 saturated heterocycles. The normalized spacial score (nSPS) is 13.6. The lowest BCUT2D eigenvalue weighted by atomic mass is 10.1. The summed E-state index contributed by atoms with van der Waals surface area (Å²) in [6.07, 6.45) is 2.49. The van der Waals surface area contributed by atoms with Crippen molar-refractivity contribution in [3.63, 3.8) is 0 Å². The Labute approximate surface area is 116 Å². The van der Waals surface area contributed by atoms with E-state index in [1.54, 1.807) is 6.92 Å². The molecule has 1 aromatic heterocycles. The molecular formula is C14H25NO3S. The second-order valence-corrected chi connectivity index (χ2v) is 7.31. The highest BCUT2D eigenvalue weighted by atomic mass is 32.2.